The Balaban J connectivity index is 1.47. The lowest BCUT2D eigenvalue weighted by Crippen LogP contribution is -2.42. The third-order valence-electron chi connectivity index (χ3n) is 5.39. The summed E-state index contributed by atoms with van der Waals surface area (Å²) in [6.07, 6.45) is 1.03. The van der Waals surface area contributed by atoms with Gasteiger partial charge >= 0.3 is 0 Å². The average molecular weight is 431 g/mol. The second-order valence-electron chi connectivity index (χ2n) is 8.11. The monoisotopic (exact) mass is 430 g/mol. The summed E-state index contributed by atoms with van der Waals surface area (Å²) in [7, 11) is -3.57. The Morgan fingerprint density at radius 1 is 0.967 bits per heavy atom. The van der Waals surface area contributed by atoms with Crippen LogP contribution in [0.3, 0.4) is 0 Å². The molecule has 4 rings (SSSR count). The fourth-order valence-electron chi connectivity index (χ4n) is 4.05. The van der Waals surface area contributed by atoms with Gasteiger partial charge in [-0.05, 0) is 54.7 Å². The Kier molecular flexibility index (Phi) is 5.71. The molecular weight excluding hydrogens is 404 g/mol. The molecule has 2 atom stereocenters. The van der Waals surface area contributed by atoms with E-state index >= 15 is 0 Å². The van der Waals surface area contributed by atoms with Crippen LogP contribution >= 0.6 is 0 Å². The maximum Gasteiger partial charge on any atom is 0.255 e. The van der Waals surface area contributed by atoms with Crippen LogP contribution in [0, 0.1) is 11.8 Å². The molecule has 1 N–H and O–H groups in total. The Morgan fingerprint density at radius 2 is 1.60 bits per heavy atom. The van der Waals surface area contributed by atoms with Crippen molar-refractivity contribution in [3.63, 3.8) is 0 Å². The second-order valence-corrected chi connectivity index (χ2v) is 10.0. The normalized spacial score (nSPS) is 21.8. The van der Waals surface area contributed by atoms with Gasteiger partial charge in [-0.1, -0.05) is 13.8 Å². The smallest absolute Gasteiger partial charge is 0.255 e. The number of amides is 1. The van der Waals surface area contributed by atoms with Crippen LogP contribution in [-0.4, -0.2) is 44.9 Å². The number of benzene rings is 2. The van der Waals surface area contributed by atoms with Gasteiger partial charge in [-0.3, -0.25) is 4.79 Å². The quantitative estimate of drug-likeness (QED) is 0.804. The molecule has 2 heterocycles. The number of rotatable bonds is 4. The SMILES string of the molecule is C[C@H]1C[C@H](C)CN(S(=O)(=O)c2ccc(C(=O)Nc3ccc4c(c3)OCCO4)cc2)C1. The zero-order valence-electron chi connectivity index (χ0n) is 17.1. The summed E-state index contributed by atoms with van der Waals surface area (Å²) in [5.74, 6) is 1.58. The lowest BCUT2D eigenvalue weighted by molar-refractivity contribution is 0.102. The number of carbonyl (C=O) groups is 1. The number of nitrogens with one attached hydrogen (secondary N) is 1. The Hall–Kier alpha value is -2.58. The van der Waals surface area contributed by atoms with Crippen LogP contribution in [0.2, 0.25) is 0 Å². The summed E-state index contributed by atoms with van der Waals surface area (Å²) in [6, 6.07) is 11.3. The van der Waals surface area contributed by atoms with Crippen molar-refractivity contribution in [1.82, 2.24) is 4.31 Å². The Morgan fingerprint density at radius 3 is 2.27 bits per heavy atom. The van der Waals surface area contributed by atoms with E-state index in [1.165, 1.54) is 24.3 Å². The molecule has 1 amide bonds. The molecule has 0 saturated carbocycles. The topological polar surface area (TPSA) is 84.9 Å². The third kappa shape index (κ3) is 4.29. The average Bonchev–Trinajstić information content (AvgIpc) is 2.73. The molecule has 2 aliphatic rings. The van der Waals surface area contributed by atoms with E-state index in [1.54, 1.807) is 22.5 Å². The fraction of sp³-hybridized carbons (Fsp3) is 0.409. The maximum absolute atomic E-state index is 13.0. The molecule has 2 aromatic rings. The van der Waals surface area contributed by atoms with E-state index in [9.17, 15) is 13.2 Å². The van der Waals surface area contributed by atoms with E-state index in [1.807, 2.05) is 0 Å². The van der Waals surface area contributed by atoms with Crippen molar-refractivity contribution < 1.29 is 22.7 Å². The lowest BCUT2D eigenvalue weighted by Gasteiger charge is -2.34. The molecule has 160 valence electrons. The fourth-order valence-corrected chi connectivity index (χ4v) is 5.73. The summed E-state index contributed by atoms with van der Waals surface area (Å²) in [4.78, 5) is 12.8. The zero-order chi connectivity index (χ0) is 21.3. The first kappa shape index (κ1) is 20.7. The highest BCUT2D eigenvalue weighted by atomic mass is 32.2. The largest absolute Gasteiger partial charge is 0.486 e. The lowest BCUT2D eigenvalue weighted by atomic mass is 9.94. The third-order valence-corrected chi connectivity index (χ3v) is 7.24. The van der Waals surface area contributed by atoms with Crippen molar-refractivity contribution in [1.29, 1.82) is 0 Å². The van der Waals surface area contributed by atoms with Gasteiger partial charge in [-0.25, -0.2) is 8.42 Å². The molecule has 2 aromatic carbocycles. The van der Waals surface area contributed by atoms with Crippen LogP contribution in [0.4, 0.5) is 5.69 Å². The van der Waals surface area contributed by atoms with Crippen molar-refractivity contribution in [2.45, 2.75) is 25.2 Å². The predicted octanol–water partition coefficient (Wildman–Crippen LogP) is 3.38. The number of anilines is 1. The maximum atomic E-state index is 13.0. The van der Waals surface area contributed by atoms with E-state index in [0.29, 0.717) is 60.9 Å². The number of carbonyl (C=O) groups excluding carboxylic acids is 1. The van der Waals surface area contributed by atoms with Gasteiger partial charge in [0.2, 0.25) is 10.0 Å². The number of nitrogens with zero attached hydrogens (tertiary/aromatic N) is 1. The zero-order valence-corrected chi connectivity index (χ0v) is 17.9. The molecule has 8 heteroatoms. The molecule has 7 nitrogen and oxygen atoms in total. The van der Waals surface area contributed by atoms with Gasteiger partial charge in [0, 0.05) is 30.4 Å². The van der Waals surface area contributed by atoms with Crippen molar-refractivity contribution in [2.24, 2.45) is 11.8 Å². The Labute approximate surface area is 177 Å². The minimum Gasteiger partial charge on any atom is -0.486 e. The van der Waals surface area contributed by atoms with Gasteiger partial charge in [-0.2, -0.15) is 4.31 Å². The van der Waals surface area contributed by atoms with Crippen molar-refractivity contribution in [3.05, 3.63) is 48.0 Å². The van der Waals surface area contributed by atoms with Crippen LogP contribution in [0.15, 0.2) is 47.4 Å². The van der Waals surface area contributed by atoms with Crippen LogP contribution in [-0.2, 0) is 10.0 Å². The van der Waals surface area contributed by atoms with Crippen LogP contribution in [0.5, 0.6) is 11.5 Å². The van der Waals surface area contributed by atoms with Gasteiger partial charge in [0.15, 0.2) is 11.5 Å². The number of sulfonamides is 1. The van der Waals surface area contributed by atoms with Gasteiger partial charge < -0.3 is 14.8 Å². The number of hydrogen-bond donors (Lipinski definition) is 1. The summed E-state index contributed by atoms with van der Waals surface area (Å²) in [5.41, 5.74) is 0.960. The van der Waals surface area contributed by atoms with Crippen LogP contribution < -0.4 is 14.8 Å². The minimum absolute atomic E-state index is 0.208. The molecule has 0 unspecified atom stereocenters. The highest BCUT2D eigenvalue weighted by molar-refractivity contribution is 7.89. The molecular formula is C22H26N2O5S. The second kappa shape index (κ2) is 8.28. The standard InChI is InChI=1S/C22H26N2O5S/c1-15-11-16(2)14-24(13-15)30(26,27)19-6-3-17(4-7-19)22(25)23-18-5-8-20-21(12-18)29-10-9-28-20/h3-8,12,15-16H,9-11,13-14H2,1-2H3,(H,23,25)/t15-,16-/m0/s1. The molecule has 2 aliphatic heterocycles. The van der Waals surface area contributed by atoms with Gasteiger partial charge in [0.05, 0.1) is 4.90 Å². The molecule has 0 aromatic heterocycles. The molecule has 30 heavy (non-hydrogen) atoms. The highest BCUT2D eigenvalue weighted by Gasteiger charge is 2.31. The first-order valence-corrected chi connectivity index (χ1v) is 11.6. The summed E-state index contributed by atoms with van der Waals surface area (Å²) < 4.78 is 38.5. The van der Waals surface area contributed by atoms with Gasteiger partial charge in [0.1, 0.15) is 13.2 Å². The first-order chi connectivity index (χ1) is 14.3. The summed E-state index contributed by atoms with van der Waals surface area (Å²) >= 11 is 0. The van der Waals surface area contributed by atoms with Gasteiger partial charge in [-0.15, -0.1) is 0 Å². The number of hydrogen-bond acceptors (Lipinski definition) is 5. The number of piperidine rings is 1. The molecule has 0 bridgehead atoms. The van der Waals surface area contributed by atoms with Crippen molar-refractivity contribution in [3.8, 4) is 11.5 Å². The predicted molar refractivity (Wildman–Crippen MR) is 114 cm³/mol. The Bertz CT molecular complexity index is 1030. The molecule has 0 radical (unpaired) electrons. The van der Waals surface area contributed by atoms with Crippen molar-refractivity contribution in [2.75, 3.05) is 31.6 Å². The summed E-state index contributed by atoms with van der Waals surface area (Å²) in [5, 5.41) is 2.81. The van der Waals surface area contributed by atoms with Crippen LogP contribution in [0.1, 0.15) is 30.6 Å². The number of ether oxygens (including phenoxy) is 2. The molecule has 1 saturated heterocycles. The number of fused-ring (bicyclic) bond motifs is 1. The van der Waals surface area contributed by atoms with E-state index in [4.69, 9.17) is 9.47 Å². The molecule has 0 aliphatic carbocycles. The first-order valence-electron chi connectivity index (χ1n) is 10.1. The van der Waals surface area contributed by atoms with Crippen molar-refractivity contribution >= 4 is 21.6 Å². The van der Waals surface area contributed by atoms with E-state index < -0.39 is 10.0 Å². The van der Waals surface area contributed by atoms with E-state index in [-0.39, 0.29) is 10.8 Å². The summed E-state index contributed by atoms with van der Waals surface area (Å²) in [6.45, 7) is 6.17. The van der Waals surface area contributed by atoms with E-state index in [0.717, 1.165) is 6.42 Å². The highest BCUT2D eigenvalue weighted by Crippen LogP contribution is 2.33. The van der Waals surface area contributed by atoms with Crippen LogP contribution in [0.25, 0.3) is 0 Å². The minimum atomic E-state index is -3.57. The molecule has 1 fully saturated rings. The molecule has 0 spiro atoms. The van der Waals surface area contributed by atoms with Gasteiger partial charge in [0.25, 0.3) is 5.91 Å². The van der Waals surface area contributed by atoms with E-state index in [2.05, 4.69) is 19.2 Å².